The van der Waals surface area contributed by atoms with Crippen LogP contribution < -0.4 is 14.4 Å². The minimum Gasteiger partial charge on any atom is -0.497 e. The van der Waals surface area contributed by atoms with Crippen LogP contribution in [0.15, 0.2) is 71.6 Å². The van der Waals surface area contributed by atoms with Crippen LogP contribution >= 0.6 is 0 Å². The number of nitrogens with zero attached hydrogens (tertiary/aromatic N) is 1. The first-order chi connectivity index (χ1) is 16.2. The largest absolute Gasteiger partial charge is 0.497 e. The molecule has 0 heterocycles. The fourth-order valence-corrected chi connectivity index (χ4v) is 5.24. The van der Waals surface area contributed by atoms with E-state index in [1.165, 1.54) is 49.6 Å². The zero-order chi connectivity index (χ0) is 24.9. The molecule has 1 amide bonds. The first kappa shape index (κ1) is 25.2. The van der Waals surface area contributed by atoms with Crippen LogP contribution in [0.1, 0.15) is 36.1 Å². The molecule has 0 saturated heterocycles. The highest BCUT2D eigenvalue weighted by atomic mass is 32.2. The Labute approximate surface area is 200 Å². The maximum atomic E-state index is 14.7. The van der Waals surface area contributed by atoms with E-state index in [0.717, 1.165) is 27.1 Å². The van der Waals surface area contributed by atoms with Gasteiger partial charge in [0.2, 0.25) is 5.91 Å². The number of hydrogen-bond acceptors (Lipinski definition) is 4. The summed E-state index contributed by atoms with van der Waals surface area (Å²) < 4.78 is 47.5. The third-order valence-corrected chi connectivity index (χ3v) is 7.37. The van der Waals surface area contributed by atoms with Crippen LogP contribution in [-0.2, 0) is 14.8 Å². The second-order valence-electron chi connectivity index (χ2n) is 8.03. The number of hydrogen-bond donors (Lipinski definition) is 1. The third kappa shape index (κ3) is 5.56. The number of benzene rings is 3. The van der Waals surface area contributed by atoms with Crippen molar-refractivity contribution in [2.24, 2.45) is 0 Å². The van der Waals surface area contributed by atoms with Gasteiger partial charge < -0.3 is 10.1 Å². The topological polar surface area (TPSA) is 75.7 Å². The van der Waals surface area contributed by atoms with Gasteiger partial charge in [0.1, 0.15) is 18.1 Å². The van der Waals surface area contributed by atoms with Crippen molar-refractivity contribution >= 4 is 21.6 Å². The summed E-state index contributed by atoms with van der Waals surface area (Å²) in [6.07, 6.45) is 0.612. The SMILES string of the molecule is CCC(NC(=O)CN(c1ccccc1F)S(=O)(=O)c1ccc(OC)cc1)c1ccc(C)cc1C. The molecule has 8 heteroatoms. The highest BCUT2D eigenvalue weighted by Crippen LogP contribution is 2.28. The lowest BCUT2D eigenvalue weighted by molar-refractivity contribution is -0.120. The Morgan fingerprint density at radius 1 is 1.06 bits per heavy atom. The number of amides is 1. The number of aryl methyl sites for hydroxylation is 2. The van der Waals surface area contributed by atoms with Gasteiger partial charge in [-0.3, -0.25) is 9.10 Å². The first-order valence-corrected chi connectivity index (χ1v) is 12.4. The molecule has 0 spiro atoms. The molecular formula is C26H29FN2O4S. The van der Waals surface area contributed by atoms with Crippen molar-refractivity contribution in [2.45, 2.75) is 38.1 Å². The number of sulfonamides is 1. The molecule has 0 fully saturated rings. The Morgan fingerprint density at radius 3 is 2.32 bits per heavy atom. The fraction of sp³-hybridized carbons (Fsp3) is 0.269. The van der Waals surface area contributed by atoms with Crippen molar-refractivity contribution in [3.05, 3.63) is 89.2 Å². The van der Waals surface area contributed by atoms with Gasteiger partial charge in [0.05, 0.1) is 23.7 Å². The average molecular weight is 485 g/mol. The Morgan fingerprint density at radius 2 is 1.74 bits per heavy atom. The van der Waals surface area contributed by atoms with Crippen LogP contribution in [0, 0.1) is 19.7 Å². The quantitative estimate of drug-likeness (QED) is 0.468. The van der Waals surface area contributed by atoms with Gasteiger partial charge in [-0.25, -0.2) is 12.8 Å². The molecule has 0 aromatic heterocycles. The molecule has 34 heavy (non-hydrogen) atoms. The zero-order valence-electron chi connectivity index (χ0n) is 19.7. The van der Waals surface area contributed by atoms with Gasteiger partial charge in [-0.15, -0.1) is 0 Å². The lowest BCUT2D eigenvalue weighted by atomic mass is 9.97. The van der Waals surface area contributed by atoms with Crippen molar-refractivity contribution in [2.75, 3.05) is 18.0 Å². The molecule has 3 aromatic rings. The van der Waals surface area contributed by atoms with Gasteiger partial charge in [0, 0.05) is 0 Å². The summed E-state index contributed by atoms with van der Waals surface area (Å²) in [6, 6.07) is 16.9. The lowest BCUT2D eigenvalue weighted by Crippen LogP contribution is -2.42. The van der Waals surface area contributed by atoms with Gasteiger partial charge >= 0.3 is 0 Å². The van der Waals surface area contributed by atoms with E-state index in [2.05, 4.69) is 5.32 Å². The van der Waals surface area contributed by atoms with Crippen LogP contribution in [-0.4, -0.2) is 28.0 Å². The Bertz CT molecular complexity index is 1260. The summed E-state index contributed by atoms with van der Waals surface area (Å²) >= 11 is 0. The summed E-state index contributed by atoms with van der Waals surface area (Å²) in [6.45, 7) is 5.33. The number of carbonyl (C=O) groups is 1. The van der Waals surface area contributed by atoms with Crippen molar-refractivity contribution in [3.8, 4) is 5.75 Å². The van der Waals surface area contributed by atoms with Crippen molar-refractivity contribution in [3.63, 3.8) is 0 Å². The molecule has 1 N–H and O–H groups in total. The van der Waals surface area contributed by atoms with Crippen molar-refractivity contribution in [1.82, 2.24) is 5.32 Å². The predicted octanol–water partition coefficient (Wildman–Crippen LogP) is 4.91. The summed E-state index contributed by atoms with van der Waals surface area (Å²) in [5.41, 5.74) is 2.90. The minimum absolute atomic E-state index is 0.0780. The van der Waals surface area contributed by atoms with Crippen LogP contribution in [0.25, 0.3) is 0 Å². The smallest absolute Gasteiger partial charge is 0.264 e. The Kier molecular flexibility index (Phi) is 7.94. The number of anilines is 1. The molecule has 3 rings (SSSR count). The molecule has 0 bridgehead atoms. The summed E-state index contributed by atoms with van der Waals surface area (Å²) in [7, 11) is -2.77. The van der Waals surface area contributed by atoms with E-state index >= 15 is 0 Å². The maximum Gasteiger partial charge on any atom is 0.264 e. The van der Waals surface area contributed by atoms with Crippen LogP contribution in [0.4, 0.5) is 10.1 Å². The van der Waals surface area contributed by atoms with Gasteiger partial charge in [0.15, 0.2) is 0 Å². The monoisotopic (exact) mass is 484 g/mol. The second kappa shape index (κ2) is 10.7. The summed E-state index contributed by atoms with van der Waals surface area (Å²) in [5, 5.41) is 2.92. The van der Waals surface area contributed by atoms with E-state index in [0.29, 0.717) is 12.2 Å². The summed E-state index contributed by atoms with van der Waals surface area (Å²) in [5.74, 6) is -0.797. The number of carbonyl (C=O) groups excluding carboxylic acids is 1. The zero-order valence-corrected chi connectivity index (χ0v) is 20.5. The molecule has 180 valence electrons. The molecule has 1 atom stereocenters. The van der Waals surface area contributed by atoms with E-state index in [1.807, 2.05) is 39.0 Å². The second-order valence-corrected chi connectivity index (χ2v) is 9.89. The molecule has 0 aliphatic heterocycles. The Balaban J connectivity index is 1.94. The van der Waals surface area contributed by atoms with E-state index in [4.69, 9.17) is 4.74 Å². The number of halogens is 1. The highest BCUT2D eigenvalue weighted by molar-refractivity contribution is 7.92. The van der Waals surface area contributed by atoms with E-state index < -0.39 is 28.3 Å². The van der Waals surface area contributed by atoms with E-state index in [9.17, 15) is 17.6 Å². The molecule has 1 unspecified atom stereocenters. The maximum absolute atomic E-state index is 14.7. The van der Waals surface area contributed by atoms with Gasteiger partial charge in [0.25, 0.3) is 10.0 Å². The normalized spacial score (nSPS) is 12.1. The van der Waals surface area contributed by atoms with Crippen LogP contribution in [0.2, 0.25) is 0 Å². The third-order valence-electron chi connectivity index (χ3n) is 5.60. The number of nitrogens with one attached hydrogen (secondary N) is 1. The molecule has 0 aliphatic rings. The molecule has 0 aliphatic carbocycles. The summed E-state index contributed by atoms with van der Waals surface area (Å²) in [4.78, 5) is 13.0. The number of para-hydroxylation sites is 1. The molecule has 3 aromatic carbocycles. The fourth-order valence-electron chi connectivity index (χ4n) is 3.82. The van der Waals surface area contributed by atoms with Crippen LogP contribution in [0.5, 0.6) is 5.75 Å². The van der Waals surface area contributed by atoms with Crippen molar-refractivity contribution < 1.29 is 22.3 Å². The molecular weight excluding hydrogens is 455 g/mol. The minimum atomic E-state index is -4.24. The molecule has 0 saturated carbocycles. The Hall–Kier alpha value is -3.39. The highest BCUT2D eigenvalue weighted by Gasteiger charge is 2.30. The molecule has 6 nitrogen and oxygen atoms in total. The number of methoxy groups -OCH3 is 1. The van der Waals surface area contributed by atoms with E-state index in [1.54, 1.807) is 0 Å². The van der Waals surface area contributed by atoms with Gasteiger partial charge in [-0.05, 0) is 67.8 Å². The average Bonchev–Trinajstić information content (AvgIpc) is 2.82. The predicted molar refractivity (Wildman–Crippen MR) is 131 cm³/mol. The van der Waals surface area contributed by atoms with Crippen LogP contribution in [0.3, 0.4) is 0 Å². The van der Waals surface area contributed by atoms with Crippen molar-refractivity contribution in [1.29, 1.82) is 0 Å². The van der Waals surface area contributed by atoms with Gasteiger partial charge in [-0.1, -0.05) is 42.8 Å². The number of ether oxygens (including phenoxy) is 1. The number of rotatable bonds is 9. The standard InChI is InChI=1S/C26H29FN2O4S/c1-5-24(22-15-10-18(2)16-19(22)3)28-26(30)17-29(25-9-7-6-8-23(25)27)34(31,32)21-13-11-20(33-4)12-14-21/h6-16,24H,5,17H2,1-4H3,(H,28,30). The van der Waals surface area contributed by atoms with Gasteiger partial charge in [-0.2, -0.15) is 0 Å². The molecule has 0 radical (unpaired) electrons. The first-order valence-electron chi connectivity index (χ1n) is 10.9. The van der Waals surface area contributed by atoms with E-state index in [-0.39, 0.29) is 16.6 Å². The lowest BCUT2D eigenvalue weighted by Gasteiger charge is -2.26.